The smallest absolute Gasteiger partial charge is 0.338 e. The van der Waals surface area contributed by atoms with Crippen LogP contribution >= 0.6 is 11.8 Å². The number of carbonyl (C=O) groups is 2. The minimum Gasteiger partial charge on any atom is -0.452 e. The largest absolute Gasteiger partial charge is 0.452 e. The van der Waals surface area contributed by atoms with Crippen LogP contribution in [-0.4, -0.2) is 50.6 Å². The van der Waals surface area contributed by atoms with Crippen LogP contribution in [0.3, 0.4) is 0 Å². The zero-order chi connectivity index (χ0) is 21.4. The van der Waals surface area contributed by atoms with Gasteiger partial charge in [-0.05, 0) is 42.7 Å². The molecule has 156 valence electrons. The Morgan fingerprint density at radius 2 is 1.76 bits per heavy atom. The van der Waals surface area contributed by atoms with Gasteiger partial charge in [0.1, 0.15) is 0 Å². The molecule has 0 aliphatic rings. The van der Waals surface area contributed by atoms with Gasteiger partial charge in [0.15, 0.2) is 6.61 Å². The fraction of sp³-hybridized carbons (Fsp3) is 0.300. The molecule has 0 saturated heterocycles. The Labute approximate surface area is 175 Å². The number of rotatable bonds is 9. The molecule has 2 aromatic carbocycles. The summed E-state index contributed by atoms with van der Waals surface area (Å²) in [4.78, 5) is 25.3. The Morgan fingerprint density at radius 3 is 2.41 bits per heavy atom. The van der Waals surface area contributed by atoms with Gasteiger partial charge in [0.25, 0.3) is 5.91 Å². The van der Waals surface area contributed by atoms with Gasteiger partial charge in [-0.3, -0.25) is 4.79 Å². The minimum atomic E-state index is -3.69. The summed E-state index contributed by atoms with van der Waals surface area (Å²) in [6, 6.07) is 12.9. The van der Waals surface area contributed by atoms with Gasteiger partial charge < -0.3 is 10.1 Å². The molecule has 0 aliphatic carbocycles. The van der Waals surface area contributed by atoms with Crippen molar-refractivity contribution in [3.63, 3.8) is 0 Å². The number of nitrogens with zero attached hydrogens (tertiary/aromatic N) is 1. The van der Waals surface area contributed by atoms with Gasteiger partial charge in [-0.25, -0.2) is 13.2 Å². The molecule has 2 rings (SSSR count). The topological polar surface area (TPSA) is 92.8 Å². The highest BCUT2D eigenvalue weighted by Crippen LogP contribution is 2.19. The van der Waals surface area contributed by atoms with Gasteiger partial charge in [-0.1, -0.05) is 26.0 Å². The first-order valence-electron chi connectivity index (χ1n) is 9.03. The van der Waals surface area contributed by atoms with E-state index in [-0.39, 0.29) is 10.5 Å². The van der Waals surface area contributed by atoms with E-state index >= 15 is 0 Å². The molecule has 0 radical (unpaired) electrons. The normalized spacial score (nSPS) is 11.3. The second-order valence-corrected chi connectivity index (χ2v) is 8.79. The summed E-state index contributed by atoms with van der Waals surface area (Å²) >= 11 is 1.54. The second-order valence-electron chi connectivity index (χ2n) is 5.97. The molecule has 0 saturated carbocycles. The summed E-state index contributed by atoms with van der Waals surface area (Å²) in [5.41, 5.74) is 0.667. The monoisotopic (exact) mass is 436 g/mol. The number of hydrogen-bond acceptors (Lipinski definition) is 6. The third-order valence-electron chi connectivity index (χ3n) is 4.10. The summed E-state index contributed by atoms with van der Waals surface area (Å²) in [6.45, 7) is 3.66. The highest BCUT2D eigenvalue weighted by molar-refractivity contribution is 7.98. The average Bonchev–Trinajstić information content (AvgIpc) is 2.73. The lowest BCUT2D eigenvalue weighted by atomic mass is 10.2. The predicted octanol–water partition coefficient (Wildman–Crippen LogP) is 3.23. The number of anilines is 1. The SMILES string of the molecule is CCN(CC)S(=O)(=O)c1cccc(C(=O)OCC(=O)Nc2cccc(SC)c2)c1. The summed E-state index contributed by atoms with van der Waals surface area (Å²) < 4.78 is 31.5. The quantitative estimate of drug-likeness (QED) is 0.479. The van der Waals surface area contributed by atoms with Crippen LogP contribution in [0, 0.1) is 0 Å². The molecule has 7 nitrogen and oxygen atoms in total. The number of ether oxygens (including phenoxy) is 1. The van der Waals surface area contributed by atoms with Crippen LogP contribution in [-0.2, 0) is 19.6 Å². The standard InChI is InChI=1S/C20H24N2O5S2/c1-4-22(5-2)29(25,26)18-11-6-8-15(12-18)20(24)27-14-19(23)21-16-9-7-10-17(13-16)28-3/h6-13H,4-5,14H2,1-3H3,(H,21,23). The maximum Gasteiger partial charge on any atom is 0.338 e. The number of carbonyl (C=O) groups excluding carboxylic acids is 2. The third-order valence-corrected chi connectivity index (χ3v) is 6.87. The molecule has 29 heavy (non-hydrogen) atoms. The Balaban J connectivity index is 2.03. The number of hydrogen-bond donors (Lipinski definition) is 1. The van der Waals surface area contributed by atoms with E-state index in [1.165, 1.54) is 28.6 Å². The molecular weight excluding hydrogens is 412 g/mol. The van der Waals surface area contributed by atoms with Gasteiger partial charge in [-0.2, -0.15) is 4.31 Å². The molecule has 0 spiro atoms. The van der Waals surface area contributed by atoms with Gasteiger partial charge in [0.05, 0.1) is 10.5 Å². The van der Waals surface area contributed by atoms with Crippen LogP contribution in [0.1, 0.15) is 24.2 Å². The van der Waals surface area contributed by atoms with E-state index in [0.717, 1.165) is 4.90 Å². The number of nitrogens with one attached hydrogen (secondary N) is 1. The third kappa shape index (κ3) is 6.06. The molecule has 0 fully saturated rings. The number of amides is 1. The van der Waals surface area contributed by atoms with Crippen molar-refractivity contribution in [1.29, 1.82) is 0 Å². The molecule has 0 aliphatic heterocycles. The maximum atomic E-state index is 12.6. The van der Waals surface area contributed by atoms with E-state index in [9.17, 15) is 18.0 Å². The van der Waals surface area contributed by atoms with Gasteiger partial charge >= 0.3 is 5.97 Å². The first-order chi connectivity index (χ1) is 13.8. The van der Waals surface area contributed by atoms with Crippen LogP contribution in [0.4, 0.5) is 5.69 Å². The molecule has 0 bridgehead atoms. The summed E-state index contributed by atoms with van der Waals surface area (Å²) in [5.74, 6) is -1.25. The van der Waals surface area contributed by atoms with Gasteiger partial charge in [0, 0.05) is 23.7 Å². The van der Waals surface area contributed by atoms with Crippen molar-refractivity contribution >= 4 is 39.3 Å². The summed E-state index contributed by atoms with van der Waals surface area (Å²) in [7, 11) is -3.69. The zero-order valence-electron chi connectivity index (χ0n) is 16.5. The number of benzene rings is 2. The van der Waals surface area contributed by atoms with E-state index in [1.807, 2.05) is 24.5 Å². The Kier molecular flexibility index (Phi) is 8.24. The Morgan fingerprint density at radius 1 is 1.07 bits per heavy atom. The lowest BCUT2D eigenvalue weighted by Crippen LogP contribution is -2.30. The fourth-order valence-electron chi connectivity index (χ4n) is 2.61. The van der Waals surface area contributed by atoms with E-state index in [0.29, 0.717) is 18.8 Å². The molecular formula is C20H24N2O5S2. The van der Waals surface area contributed by atoms with E-state index in [2.05, 4.69) is 5.32 Å². The molecule has 0 heterocycles. The van der Waals surface area contributed by atoms with Crippen molar-refractivity contribution in [2.75, 3.05) is 31.3 Å². The molecule has 0 aromatic heterocycles. The minimum absolute atomic E-state index is 0.00832. The van der Waals surface area contributed by atoms with Crippen LogP contribution in [0.25, 0.3) is 0 Å². The first-order valence-corrected chi connectivity index (χ1v) is 11.7. The van der Waals surface area contributed by atoms with Crippen LogP contribution in [0.15, 0.2) is 58.3 Å². The number of sulfonamides is 1. The number of thioether (sulfide) groups is 1. The van der Waals surface area contributed by atoms with Crippen LogP contribution in [0.2, 0.25) is 0 Å². The van der Waals surface area contributed by atoms with Gasteiger partial charge in [0.2, 0.25) is 10.0 Å². The molecule has 1 amide bonds. The fourth-order valence-corrected chi connectivity index (χ4v) is 4.57. The molecule has 0 atom stereocenters. The molecule has 0 unspecified atom stereocenters. The van der Waals surface area contributed by atoms with E-state index in [1.54, 1.807) is 31.7 Å². The molecule has 2 aromatic rings. The van der Waals surface area contributed by atoms with Crippen LogP contribution in [0.5, 0.6) is 0 Å². The van der Waals surface area contributed by atoms with Crippen molar-refractivity contribution < 1.29 is 22.7 Å². The maximum absolute atomic E-state index is 12.6. The lowest BCUT2D eigenvalue weighted by molar-refractivity contribution is -0.119. The molecule has 1 N–H and O–H groups in total. The Hall–Kier alpha value is -2.36. The predicted molar refractivity (Wildman–Crippen MR) is 114 cm³/mol. The van der Waals surface area contributed by atoms with Gasteiger partial charge in [-0.15, -0.1) is 11.8 Å². The highest BCUT2D eigenvalue weighted by atomic mass is 32.2. The van der Waals surface area contributed by atoms with Crippen molar-refractivity contribution in [3.8, 4) is 0 Å². The summed E-state index contributed by atoms with van der Waals surface area (Å²) in [5, 5.41) is 2.66. The lowest BCUT2D eigenvalue weighted by Gasteiger charge is -2.18. The zero-order valence-corrected chi connectivity index (χ0v) is 18.2. The van der Waals surface area contributed by atoms with Crippen molar-refractivity contribution in [1.82, 2.24) is 4.31 Å². The second kappa shape index (κ2) is 10.4. The highest BCUT2D eigenvalue weighted by Gasteiger charge is 2.23. The first kappa shape index (κ1) is 22.9. The van der Waals surface area contributed by atoms with Crippen molar-refractivity contribution in [3.05, 3.63) is 54.1 Å². The van der Waals surface area contributed by atoms with Crippen molar-refractivity contribution in [2.45, 2.75) is 23.6 Å². The van der Waals surface area contributed by atoms with Crippen LogP contribution < -0.4 is 5.32 Å². The summed E-state index contributed by atoms with van der Waals surface area (Å²) in [6.07, 6.45) is 1.93. The molecule has 9 heteroatoms. The average molecular weight is 437 g/mol. The number of esters is 1. The van der Waals surface area contributed by atoms with E-state index < -0.39 is 28.5 Å². The van der Waals surface area contributed by atoms with E-state index in [4.69, 9.17) is 4.74 Å². The Bertz CT molecular complexity index is 972. The van der Waals surface area contributed by atoms with Crippen molar-refractivity contribution in [2.24, 2.45) is 0 Å².